The number of nitrogens with zero attached hydrogens (tertiary/aromatic N) is 2. The lowest BCUT2D eigenvalue weighted by molar-refractivity contribution is 0.464. The first-order valence-corrected chi connectivity index (χ1v) is 6.44. The fourth-order valence-electron chi connectivity index (χ4n) is 1.54. The Hall–Kier alpha value is -2.05. The van der Waals surface area contributed by atoms with E-state index in [1.165, 1.54) is 0 Å². The zero-order valence-corrected chi connectivity index (χ0v) is 12.1. The van der Waals surface area contributed by atoms with Crippen LogP contribution >= 0.6 is 0 Å². The number of benzene rings is 1. The highest BCUT2D eigenvalue weighted by Gasteiger charge is 1.96. The van der Waals surface area contributed by atoms with E-state index in [9.17, 15) is 0 Å². The molecule has 100 valence electrons. The van der Waals surface area contributed by atoms with Gasteiger partial charge in [0.1, 0.15) is 5.82 Å². The highest BCUT2D eigenvalue weighted by atomic mass is 15.0. The van der Waals surface area contributed by atoms with Gasteiger partial charge in [-0.3, -0.25) is 4.90 Å². The monoisotopic (exact) mass is 255 g/mol. The maximum atomic E-state index is 5.66. The Morgan fingerprint density at radius 1 is 1.16 bits per heavy atom. The molecule has 0 aliphatic carbocycles. The molecule has 0 aliphatic rings. The van der Waals surface area contributed by atoms with Crippen molar-refractivity contribution in [2.75, 3.05) is 26.4 Å². The van der Waals surface area contributed by atoms with E-state index in [1.807, 2.05) is 57.1 Å². The molecule has 19 heavy (non-hydrogen) atoms. The van der Waals surface area contributed by atoms with Crippen molar-refractivity contribution in [2.45, 2.75) is 13.8 Å². The van der Waals surface area contributed by atoms with Gasteiger partial charge in [-0.2, -0.15) is 0 Å². The smallest absolute Gasteiger partial charge is 0.123 e. The van der Waals surface area contributed by atoms with Crippen molar-refractivity contribution >= 4 is 16.6 Å². The normalized spacial score (nSPS) is 9.53. The zero-order chi connectivity index (χ0) is 14.3. The Labute approximate surface area is 115 Å². The minimum absolute atomic E-state index is 0.538. The van der Waals surface area contributed by atoms with Crippen LogP contribution in [-0.2, 0) is 0 Å². The molecule has 2 aromatic rings. The predicted octanol–water partition coefficient (Wildman–Crippen LogP) is 2.76. The molecule has 0 spiro atoms. The molecule has 1 aromatic carbocycles. The van der Waals surface area contributed by atoms with Gasteiger partial charge in [0.2, 0.25) is 0 Å². The minimum atomic E-state index is 0.538. The molecule has 0 unspecified atom stereocenters. The van der Waals surface area contributed by atoms with Gasteiger partial charge >= 0.3 is 0 Å². The largest absolute Gasteiger partial charge is 0.384 e. The van der Waals surface area contributed by atoms with Crippen LogP contribution in [0.15, 0.2) is 30.5 Å². The van der Waals surface area contributed by atoms with Crippen LogP contribution in [0, 0.1) is 11.8 Å². The van der Waals surface area contributed by atoms with E-state index in [0.29, 0.717) is 5.82 Å². The zero-order valence-electron chi connectivity index (χ0n) is 12.1. The van der Waals surface area contributed by atoms with Crippen LogP contribution in [0.1, 0.15) is 19.4 Å². The summed E-state index contributed by atoms with van der Waals surface area (Å²) in [5, 5.41) is 2.16. The molecule has 0 bridgehead atoms. The summed E-state index contributed by atoms with van der Waals surface area (Å²) in [6, 6.07) is 7.92. The number of hydrogen-bond donors (Lipinski definition) is 1. The number of aromatic nitrogens is 1. The molecule has 0 fully saturated rings. The van der Waals surface area contributed by atoms with E-state index in [4.69, 9.17) is 5.73 Å². The number of fused-ring (bicyclic) bond motifs is 1. The SMILES string of the molecule is CC.CN(C)CC#Cc1ccc2cnc(N)cc2c1. The second-order valence-electron chi connectivity index (χ2n) is 4.21. The van der Waals surface area contributed by atoms with Crippen molar-refractivity contribution in [1.29, 1.82) is 0 Å². The number of nitrogen functional groups attached to an aromatic ring is 1. The average Bonchev–Trinajstić information content (AvgIpc) is 2.40. The highest BCUT2D eigenvalue weighted by molar-refractivity contribution is 5.84. The van der Waals surface area contributed by atoms with E-state index < -0.39 is 0 Å². The van der Waals surface area contributed by atoms with Crippen LogP contribution in [0.4, 0.5) is 5.82 Å². The summed E-state index contributed by atoms with van der Waals surface area (Å²) in [6.45, 7) is 4.76. The number of nitrogens with two attached hydrogens (primary N) is 1. The van der Waals surface area contributed by atoms with E-state index in [-0.39, 0.29) is 0 Å². The van der Waals surface area contributed by atoms with Gasteiger partial charge in [0, 0.05) is 17.1 Å². The van der Waals surface area contributed by atoms with Crippen LogP contribution in [0.5, 0.6) is 0 Å². The molecule has 2 N–H and O–H groups in total. The summed E-state index contributed by atoms with van der Waals surface area (Å²) in [6.07, 6.45) is 1.78. The second-order valence-corrected chi connectivity index (χ2v) is 4.21. The van der Waals surface area contributed by atoms with Gasteiger partial charge in [-0.1, -0.05) is 31.8 Å². The van der Waals surface area contributed by atoms with Gasteiger partial charge in [-0.15, -0.1) is 0 Å². The Kier molecular flexibility index (Phi) is 5.84. The van der Waals surface area contributed by atoms with Gasteiger partial charge in [0.15, 0.2) is 0 Å². The maximum Gasteiger partial charge on any atom is 0.123 e. The molecule has 0 aliphatic heterocycles. The van der Waals surface area contributed by atoms with Crippen LogP contribution in [-0.4, -0.2) is 30.5 Å². The third-order valence-electron chi connectivity index (χ3n) is 2.37. The Bertz CT molecular complexity index is 592. The first kappa shape index (κ1) is 15.0. The molecule has 1 heterocycles. The van der Waals surface area contributed by atoms with Crippen molar-refractivity contribution in [3.8, 4) is 11.8 Å². The Morgan fingerprint density at radius 2 is 1.89 bits per heavy atom. The first-order valence-electron chi connectivity index (χ1n) is 6.44. The van der Waals surface area contributed by atoms with Gasteiger partial charge in [-0.05, 0) is 37.7 Å². The van der Waals surface area contributed by atoms with Crippen molar-refractivity contribution in [2.24, 2.45) is 0 Å². The fourth-order valence-corrected chi connectivity index (χ4v) is 1.54. The molecule has 0 amide bonds. The summed E-state index contributed by atoms with van der Waals surface area (Å²) < 4.78 is 0. The topological polar surface area (TPSA) is 42.2 Å². The van der Waals surface area contributed by atoms with Crippen molar-refractivity contribution in [1.82, 2.24) is 9.88 Å². The molecule has 0 atom stereocenters. The summed E-state index contributed by atoms with van der Waals surface area (Å²) in [5.74, 6) is 6.78. The summed E-state index contributed by atoms with van der Waals surface area (Å²) in [4.78, 5) is 6.10. The van der Waals surface area contributed by atoms with Crippen molar-refractivity contribution < 1.29 is 0 Å². The van der Waals surface area contributed by atoms with Crippen molar-refractivity contribution in [3.63, 3.8) is 0 Å². The van der Waals surface area contributed by atoms with E-state index >= 15 is 0 Å². The van der Waals surface area contributed by atoms with Gasteiger partial charge in [0.25, 0.3) is 0 Å². The van der Waals surface area contributed by atoms with Gasteiger partial charge in [0.05, 0.1) is 6.54 Å². The molecular formula is C16H21N3. The average molecular weight is 255 g/mol. The Morgan fingerprint density at radius 3 is 2.58 bits per heavy atom. The van der Waals surface area contributed by atoms with Crippen LogP contribution in [0.2, 0.25) is 0 Å². The molecule has 3 nitrogen and oxygen atoms in total. The number of rotatable bonds is 1. The number of hydrogen-bond acceptors (Lipinski definition) is 3. The van der Waals surface area contributed by atoms with E-state index in [2.05, 4.69) is 16.8 Å². The summed E-state index contributed by atoms with van der Waals surface area (Å²) in [7, 11) is 4.00. The molecule has 0 radical (unpaired) electrons. The fraction of sp³-hybridized carbons (Fsp3) is 0.312. The number of anilines is 1. The Balaban J connectivity index is 0.000000861. The van der Waals surface area contributed by atoms with Gasteiger partial charge < -0.3 is 5.73 Å². The quantitative estimate of drug-likeness (QED) is 0.797. The molecule has 0 saturated carbocycles. The lowest BCUT2D eigenvalue weighted by Crippen LogP contribution is -2.10. The van der Waals surface area contributed by atoms with Crippen LogP contribution < -0.4 is 5.73 Å². The van der Waals surface area contributed by atoms with Gasteiger partial charge in [-0.25, -0.2) is 4.98 Å². The highest BCUT2D eigenvalue weighted by Crippen LogP contribution is 2.16. The molecule has 1 aromatic heterocycles. The first-order chi connectivity index (χ1) is 9.15. The van der Waals surface area contributed by atoms with Crippen molar-refractivity contribution in [3.05, 3.63) is 36.0 Å². The summed E-state index contributed by atoms with van der Waals surface area (Å²) >= 11 is 0. The molecule has 2 rings (SSSR count). The standard InChI is InChI=1S/C14H15N3.C2H6/c1-17(2)7-3-4-11-5-6-12-10-16-14(15)9-13(12)8-11;1-2/h5-6,8-10H,7H2,1-2H3,(H2,15,16);1-2H3. The molecule has 0 saturated heterocycles. The lowest BCUT2D eigenvalue weighted by atomic mass is 10.1. The molecular weight excluding hydrogens is 234 g/mol. The maximum absolute atomic E-state index is 5.66. The second kappa shape index (κ2) is 7.40. The summed E-state index contributed by atoms with van der Waals surface area (Å²) in [5.41, 5.74) is 6.66. The minimum Gasteiger partial charge on any atom is -0.384 e. The number of pyridine rings is 1. The van der Waals surface area contributed by atoms with E-state index in [1.54, 1.807) is 6.20 Å². The van der Waals surface area contributed by atoms with E-state index in [0.717, 1.165) is 22.9 Å². The third kappa shape index (κ3) is 4.61. The predicted molar refractivity (Wildman–Crippen MR) is 82.9 cm³/mol. The van der Waals surface area contributed by atoms with Crippen LogP contribution in [0.3, 0.4) is 0 Å². The van der Waals surface area contributed by atoms with Crippen LogP contribution in [0.25, 0.3) is 10.8 Å². The lowest BCUT2D eigenvalue weighted by Gasteiger charge is -2.01. The molecule has 3 heteroatoms. The third-order valence-corrected chi connectivity index (χ3v) is 2.37.